The number of benzene rings is 2. The number of nitrogens with zero attached hydrogens (tertiary/aromatic N) is 1. The Kier molecular flexibility index (Phi) is 9.21. The number of rotatable bonds is 12. The Labute approximate surface area is 199 Å². The molecule has 0 unspecified atom stereocenters. The minimum atomic E-state index is -1.26. The van der Waals surface area contributed by atoms with Crippen molar-refractivity contribution in [3.63, 3.8) is 0 Å². The average Bonchev–Trinajstić information content (AvgIpc) is 3.20. The normalized spacial score (nSPS) is 19.8. The molecule has 8 heteroatoms. The Bertz CT molecular complexity index is 973. The maximum Gasteiger partial charge on any atom is 0.252 e. The van der Waals surface area contributed by atoms with Crippen LogP contribution >= 0.6 is 0 Å². The van der Waals surface area contributed by atoms with Crippen LogP contribution in [0.4, 0.5) is 0 Å². The van der Waals surface area contributed by atoms with E-state index in [0.29, 0.717) is 30.2 Å². The van der Waals surface area contributed by atoms with Gasteiger partial charge in [0.15, 0.2) is 5.54 Å². The molecular formula is C26H32N2O6. The first kappa shape index (κ1) is 25.4. The van der Waals surface area contributed by atoms with Gasteiger partial charge in [0.25, 0.3) is 5.91 Å². The summed E-state index contributed by atoms with van der Waals surface area (Å²) in [5, 5.41) is 30.5. The van der Waals surface area contributed by atoms with Crippen LogP contribution in [-0.2, 0) is 9.53 Å². The second-order valence-corrected chi connectivity index (χ2v) is 8.10. The minimum absolute atomic E-state index is 0.0664. The van der Waals surface area contributed by atoms with Gasteiger partial charge in [-0.3, -0.25) is 4.79 Å². The van der Waals surface area contributed by atoms with Gasteiger partial charge in [-0.25, -0.2) is 4.99 Å². The summed E-state index contributed by atoms with van der Waals surface area (Å²) in [6.45, 7) is 1.49. The van der Waals surface area contributed by atoms with Gasteiger partial charge >= 0.3 is 0 Å². The SMILES string of the molecule is C[C@H]1OC(c2ccc(OCCCO)cc2)=N[C@@]1(C/C=C/c1ccccc1)C(=O)NC(CO)CO. The maximum absolute atomic E-state index is 13.3. The highest BCUT2D eigenvalue weighted by molar-refractivity contribution is 6.01. The predicted octanol–water partition coefficient (Wildman–Crippen LogP) is 1.92. The zero-order valence-electron chi connectivity index (χ0n) is 19.3. The van der Waals surface area contributed by atoms with Gasteiger partial charge in [-0.05, 0) is 36.8 Å². The molecule has 1 aliphatic heterocycles. The highest BCUT2D eigenvalue weighted by Crippen LogP contribution is 2.33. The number of hydrogen-bond donors (Lipinski definition) is 4. The molecule has 8 nitrogen and oxygen atoms in total. The van der Waals surface area contributed by atoms with Crippen molar-refractivity contribution in [1.82, 2.24) is 5.32 Å². The number of aliphatic imine (C=N–C) groups is 1. The van der Waals surface area contributed by atoms with Crippen LogP contribution in [0.1, 0.15) is 30.9 Å². The summed E-state index contributed by atoms with van der Waals surface area (Å²) in [5.74, 6) is 0.569. The maximum atomic E-state index is 13.3. The van der Waals surface area contributed by atoms with E-state index < -0.39 is 23.6 Å². The zero-order chi connectivity index (χ0) is 24.4. The smallest absolute Gasteiger partial charge is 0.252 e. The standard InChI is InChI=1S/C26H32N2O6/c1-19-26(25(32)27-22(17-30)18-31,14-5-9-20-7-3-2-4-8-20)28-24(34-19)21-10-12-23(13-11-21)33-16-6-15-29/h2-5,7-13,19,22,29-31H,6,14-18H2,1H3,(H,27,32)/b9-5+/t19-,26-/m1/s1. The van der Waals surface area contributed by atoms with Crippen LogP contribution in [0.3, 0.4) is 0 Å². The molecule has 0 bridgehead atoms. The van der Waals surface area contributed by atoms with E-state index in [4.69, 9.17) is 19.6 Å². The largest absolute Gasteiger partial charge is 0.494 e. The third-order valence-electron chi connectivity index (χ3n) is 5.64. The fourth-order valence-corrected chi connectivity index (χ4v) is 3.58. The summed E-state index contributed by atoms with van der Waals surface area (Å²) < 4.78 is 11.6. The summed E-state index contributed by atoms with van der Waals surface area (Å²) in [6.07, 6.45) is 4.03. The van der Waals surface area contributed by atoms with Crippen molar-refractivity contribution < 1.29 is 29.6 Å². The number of amides is 1. The first-order valence-corrected chi connectivity index (χ1v) is 11.4. The summed E-state index contributed by atoms with van der Waals surface area (Å²) in [5.41, 5.74) is 0.428. The summed E-state index contributed by atoms with van der Waals surface area (Å²) >= 11 is 0. The van der Waals surface area contributed by atoms with Crippen molar-refractivity contribution in [3.8, 4) is 5.75 Å². The van der Waals surface area contributed by atoms with Crippen LogP contribution in [0.25, 0.3) is 6.08 Å². The molecule has 4 N–H and O–H groups in total. The van der Waals surface area contributed by atoms with E-state index in [-0.39, 0.29) is 26.2 Å². The molecule has 0 saturated carbocycles. The van der Waals surface area contributed by atoms with E-state index in [1.165, 1.54) is 0 Å². The molecule has 3 rings (SSSR count). The molecule has 2 atom stereocenters. The molecule has 0 aromatic heterocycles. The average molecular weight is 469 g/mol. The van der Waals surface area contributed by atoms with Crippen LogP contribution in [0.2, 0.25) is 0 Å². The lowest BCUT2D eigenvalue weighted by atomic mass is 9.88. The molecule has 0 aliphatic carbocycles. The van der Waals surface area contributed by atoms with E-state index in [2.05, 4.69) is 5.32 Å². The molecule has 0 fully saturated rings. The van der Waals surface area contributed by atoms with Gasteiger partial charge in [0.05, 0.1) is 25.9 Å². The van der Waals surface area contributed by atoms with E-state index in [1.54, 1.807) is 31.2 Å². The first-order chi connectivity index (χ1) is 16.5. The number of aliphatic hydroxyl groups excluding tert-OH is 3. The Hall–Kier alpha value is -3.20. The second kappa shape index (κ2) is 12.3. The third kappa shape index (κ3) is 6.22. The zero-order valence-corrected chi connectivity index (χ0v) is 19.3. The van der Waals surface area contributed by atoms with Gasteiger partial charge in [-0.2, -0.15) is 0 Å². The van der Waals surface area contributed by atoms with Gasteiger partial charge in [0.1, 0.15) is 11.9 Å². The number of carbonyl (C=O) groups excluding carboxylic acids is 1. The molecule has 2 aromatic rings. The van der Waals surface area contributed by atoms with Crippen molar-refractivity contribution in [2.75, 3.05) is 26.4 Å². The summed E-state index contributed by atoms with van der Waals surface area (Å²) in [4.78, 5) is 18.1. The molecule has 1 amide bonds. The van der Waals surface area contributed by atoms with Crippen LogP contribution in [0.15, 0.2) is 65.7 Å². The van der Waals surface area contributed by atoms with E-state index in [0.717, 1.165) is 5.56 Å². The fraction of sp³-hybridized carbons (Fsp3) is 0.385. The lowest BCUT2D eigenvalue weighted by molar-refractivity contribution is -0.129. The first-order valence-electron chi connectivity index (χ1n) is 11.4. The van der Waals surface area contributed by atoms with Crippen LogP contribution in [-0.4, -0.2) is 71.2 Å². The number of ether oxygens (including phenoxy) is 2. The van der Waals surface area contributed by atoms with Crippen molar-refractivity contribution in [1.29, 1.82) is 0 Å². The molecule has 1 heterocycles. The highest BCUT2D eigenvalue weighted by Gasteiger charge is 2.49. The van der Waals surface area contributed by atoms with Crippen LogP contribution < -0.4 is 10.1 Å². The second-order valence-electron chi connectivity index (χ2n) is 8.10. The number of carbonyl (C=O) groups is 1. The Morgan fingerprint density at radius 1 is 1.15 bits per heavy atom. The molecule has 0 radical (unpaired) electrons. The van der Waals surface area contributed by atoms with Crippen molar-refractivity contribution >= 4 is 17.9 Å². The van der Waals surface area contributed by atoms with E-state index in [9.17, 15) is 15.0 Å². The number of hydrogen-bond acceptors (Lipinski definition) is 7. The monoisotopic (exact) mass is 468 g/mol. The van der Waals surface area contributed by atoms with Crippen LogP contribution in [0.5, 0.6) is 5.75 Å². The third-order valence-corrected chi connectivity index (χ3v) is 5.64. The minimum Gasteiger partial charge on any atom is -0.494 e. The Balaban J connectivity index is 1.86. The van der Waals surface area contributed by atoms with Gasteiger partial charge < -0.3 is 30.1 Å². The predicted molar refractivity (Wildman–Crippen MR) is 130 cm³/mol. The van der Waals surface area contributed by atoms with Gasteiger partial charge in [0.2, 0.25) is 5.90 Å². The molecule has 2 aromatic carbocycles. The Morgan fingerprint density at radius 3 is 2.50 bits per heavy atom. The quantitative estimate of drug-likeness (QED) is 0.353. The molecule has 34 heavy (non-hydrogen) atoms. The summed E-state index contributed by atoms with van der Waals surface area (Å²) in [7, 11) is 0. The molecule has 0 spiro atoms. The number of nitrogens with one attached hydrogen (secondary N) is 1. The van der Waals surface area contributed by atoms with Crippen molar-refractivity contribution in [3.05, 3.63) is 71.8 Å². The van der Waals surface area contributed by atoms with Crippen molar-refractivity contribution in [2.45, 2.75) is 37.5 Å². The van der Waals surface area contributed by atoms with E-state index in [1.807, 2.05) is 42.5 Å². The molecule has 1 aliphatic rings. The van der Waals surface area contributed by atoms with Gasteiger partial charge in [-0.1, -0.05) is 42.5 Å². The van der Waals surface area contributed by atoms with Crippen LogP contribution in [0, 0.1) is 0 Å². The highest BCUT2D eigenvalue weighted by atomic mass is 16.5. The lowest BCUT2D eigenvalue weighted by Gasteiger charge is -2.28. The Morgan fingerprint density at radius 2 is 1.85 bits per heavy atom. The van der Waals surface area contributed by atoms with Crippen molar-refractivity contribution in [2.24, 2.45) is 4.99 Å². The molecule has 0 saturated heterocycles. The fourth-order valence-electron chi connectivity index (χ4n) is 3.58. The van der Waals surface area contributed by atoms with Gasteiger partial charge in [0, 0.05) is 25.0 Å². The number of aliphatic hydroxyl groups is 3. The topological polar surface area (TPSA) is 121 Å². The summed E-state index contributed by atoms with van der Waals surface area (Å²) in [6, 6.07) is 16.1. The van der Waals surface area contributed by atoms with E-state index >= 15 is 0 Å². The molecular weight excluding hydrogens is 436 g/mol. The van der Waals surface area contributed by atoms with Gasteiger partial charge in [-0.15, -0.1) is 0 Å². The lowest BCUT2D eigenvalue weighted by Crippen LogP contribution is -2.54. The molecule has 182 valence electrons.